The Kier molecular flexibility index (Phi) is 5.76. The first-order chi connectivity index (χ1) is 11.8. The molecule has 0 bridgehead atoms. The maximum absolute atomic E-state index is 12.1. The molecule has 3 rings (SSSR count). The van der Waals surface area contributed by atoms with Crippen LogP contribution >= 0.6 is 0 Å². The Bertz CT molecular complexity index is 640. The number of carbonyl (C=O) groups excluding carboxylic acids is 1. The van der Waals surface area contributed by atoms with Crippen LogP contribution in [0.4, 0.5) is 11.5 Å². The van der Waals surface area contributed by atoms with E-state index in [2.05, 4.69) is 20.5 Å². The molecule has 2 heterocycles. The van der Waals surface area contributed by atoms with Crippen molar-refractivity contribution in [3.05, 3.63) is 54.2 Å². The van der Waals surface area contributed by atoms with Crippen LogP contribution in [0.3, 0.4) is 0 Å². The summed E-state index contributed by atoms with van der Waals surface area (Å²) < 4.78 is 5.33. The molecule has 0 saturated carbocycles. The highest BCUT2D eigenvalue weighted by Crippen LogP contribution is 2.11. The topological polar surface area (TPSA) is 66.5 Å². The van der Waals surface area contributed by atoms with Crippen LogP contribution in [-0.2, 0) is 4.74 Å². The molecule has 1 saturated heterocycles. The first-order valence-electron chi connectivity index (χ1n) is 8.18. The number of nitrogens with zero attached hydrogens (tertiary/aromatic N) is 2. The summed E-state index contributed by atoms with van der Waals surface area (Å²) in [4.78, 5) is 18.8. The number of anilines is 2. The standard InChI is InChI=1S/C18H22N4O2/c23-18(15-4-2-1-3-5-15)21-16-6-7-17(20-14-16)19-8-9-22-10-12-24-13-11-22/h1-7,14H,8-13H2,(H,19,20)(H,21,23). The highest BCUT2D eigenvalue weighted by molar-refractivity contribution is 6.04. The van der Waals surface area contributed by atoms with Gasteiger partial charge in [-0.05, 0) is 24.3 Å². The molecule has 1 amide bonds. The van der Waals surface area contributed by atoms with Crippen LogP contribution < -0.4 is 10.6 Å². The van der Waals surface area contributed by atoms with E-state index in [0.29, 0.717) is 11.3 Å². The van der Waals surface area contributed by atoms with E-state index in [0.717, 1.165) is 45.2 Å². The van der Waals surface area contributed by atoms with Crippen LogP contribution in [0.1, 0.15) is 10.4 Å². The number of benzene rings is 1. The van der Waals surface area contributed by atoms with Crippen molar-refractivity contribution in [2.24, 2.45) is 0 Å². The number of rotatable bonds is 6. The SMILES string of the molecule is O=C(Nc1ccc(NCCN2CCOCC2)nc1)c1ccccc1. The van der Waals surface area contributed by atoms with Crippen LogP contribution in [0.5, 0.6) is 0 Å². The lowest BCUT2D eigenvalue weighted by Crippen LogP contribution is -2.39. The smallest absolute Gasteiger partial charge is 0.255 e. The number of aromatic nitrogens is 1. The van der Waals surface area contributed by atoms with E-state index in [1.54, 1.807) is 18.3 Å². The van der Waals surface area contributed by atoms with Crippen molar-refractivity contribution < 1.29 is 9.53 Å². The van der Waals surface area contributed by atoms with Gasteiger partial charge < -0.3 is 15.4 Å². The van der Waals surface area contributed by atoms with Gasteiger partial charge in [-0.2, -0.15) is 0 Å². The van der Waals surface area contributed by atoms with E-state index in [4.69, 9.17) is 4.74 Å². The van der Waals surface area contributed by atoms with Crippen molar-refractivity contribution in [3.63, 3.8) is 0 Å². The summed E-state index contributed by atoms with van der Waals surface area (Å²) in [5, 5.41) is 6.14. The lowest BCUT2D eigenvalue weighted by Gasteiger charge is -2.26. The normalized spacial score (nSPS) is 15.0. The van der Waals surface area contributed by atoms with Crippen LogP contribution in [-0.4, -0.2) is 55.2 Å². The van der Waals surface area contributed by atoms with Gasteiger partial charge in [0.15, 0.2) is 0 Å². The Labute approximate surface area is 141 Å². The summed E-state index contributed by atoms with van der Waals surface area (Å²) in [6.07, 6.45) is 1.66. The number of pyridine rings is 1. The van der Waals surface area contributed by atoms with Gasteiger partial charge in [-0.25, -0.2) is 4.98 Å². The molecule has 0 unspecified atom stereocenters. The molecule has 1 aromatic heterocycles. The van der Waals surface area contributed by atoms with Crippen molar-refractivity contribution in [1.82, 2.24) is 9.88 Å². The maximum atomic E-state index is 12.1. The number of morpholine rings is 1. The van der Waals surface area contributed by atoms with Crippen molar-refractivity contribution >= 4 is 17.4 Å². The van der Waals surface area contributed by atoms with Gasteiger partial charge in [-0.3, -0.25) is 9.69 Å². The highest BCUT2D eigenvalue weighted by Gasteiger charge is 2.09. The highest BCUT2D eigenvalue weighted by atomic mass is 16.5. The minimum absolute atomic E-state index is 0.134. The van der Waals surface area contributed by atoms with E-state index in [9.17, 15) is 4.79 Å². The third-order valence-corrected chi connectivity index (χ3v) is 3.90. The van der Waals surface area contributed by atoms with Gasteiger partial charge in [-0.1, -0.05) is 18.2 Å². The van der Waals surface area contributed by atoms with Gasteiger partial charge in [0.2, 0.25) is 0 Å². The molecule has 1 fully saturated rings. The van der Waals surface area contributed by atoms with Gasteiger partial charge in [0.25, 0.3) is 5.91 Å². The maximum Gasteiger partial charge on any atom is 0.255 e. The van der Waals surface area contributed by atoms with Crippen LogP contribution in [0.25, 0.3) is 0 Å². The second kappa shape index (κ2) is 8.42. The Morgan fingerprint density at radius 3 is 2.62 bits per heavy atom. The van der Waals surface area contributed by atoms with Crippen molar-refractivity contribution in [1.29, 1.82) is 0 Å². The lowest BCUT2D eigenvalue weighted by molar-refractivity contribution is 0.0398. The molecule has 2 N–H and O–H groups in total. The van der Waals surface area contributed by atoms with Crippen LogP contribution in [0.15, 0.2) is 48.7 Å². The minimum Gasteiger partial charge on any atom is -0.379 e. The Morgan fingerprint density at radius 1 is 1.12 bits per heavy atom. The van der Waals surface area contributed by atoms with Gasteiger partial charge in [0.1, 0.15) is 5.82 Å². The van der Waals surface area contributed by atoms with Crippen molar-refractivity contribution in [3.8, 4) is 0 Å². The second-order valence-corrected chi connectivity index (χ2v) is 5.63. The fourth-order valence-corrected chi connectivity index (χ4v) is 2.53. The molecule has 1 aliphatic heterocycles. The molecule has 0 radical (unpaired) electrons. The minimum atomic E-state index is -0.134. The van der Waals surface area contributed by atoms with E-state index < -0.39 is 0 Å². The molecular formula is C18H22N4O2. The summed E-state index contributed by atoms with van der Waals surface area (Å²) in [6.45, 7) is 5.40. The number of amides is 1. The molecule has 0 atom stereocenters. The average Bonchev–Trinajstić information content (AvgIpc) is 2.65. The second-order valence-electron chi connectivity index (χ2n) is 5.63. The predicted octanol–water partition coefficient (Wildman–Crippen LogP) is 2.08. The molecule has 6 heteroatoms. The Hall–Kier alpha value is -2.44. The summed E-state index contributed by atoms with van der Waals surface area (Å²) in [5.74, 6) is 0.673. The number of hydrogen-bond donors (Lipinski definition) is 2. The third kappa shape index (κ3) is 4.78. The van der Waals surface area contributed by atoms with Crippen molar-refractivity contribution in [2.45, 2.75) is 0 Å². The molecule has 6 nitrogen and oxygen atoms in total. The van der Waals surface area contributed by atoms with Gasteiger partial charge in [0.05, 0.1) is 25.1 Å². The molecular weight excluding hydrogens is 304 g/mol. The predicted molar refractivity (Wildman–Crippen MR) is 94.4 cm³/mol. The quantitative estimate of drug-likeness (QED) is 0.851. The fourth-order valence-electron chi connectivity index (χ4n) is 2.53. The number of nitrogens with one attached hydrogen (secondary N) is 2. The summed E-state index contributed by atoms with van der Waals surface area (Å²) in [6, 6.07) is 12.9. The molecule has 24 heavy (non-hydrogen) atoms. The van der Waals surface area contributed by atoms with E-state index in [1.165, 1.54) is 0 Å². The Balaban J connectivity index is 1.45. The van der Waals surface area contributed by atoms with Gasteiger partial charge in [-0.15, -0.1) is 0 Å². The van der Waals surface area contributed by atoms with Gasteiger partial charge >= 0.3 is 0 Å². The molecule has 2 aromatic rings. The fraction of sp³-hybridized carbons (Fsp3) is 0.333. The molecule has 0 aliphatic carbocycles. The zero-order chi connectivity index (χ0) is 16.6. The van der Waals surface area contributed by atoms with E-state index >= 15 is 0 Å². The monoisotopic (exact) mass is 326 g/mol. The number of hydrogen-bond acceptors (Lipinski definition) is 5. The molecule has 126 valence electrons. The lowest BCUT2D eigenvalue weighted by atomic mass is 10.2. The Morgan fingerprint density at radius 2 is 1.92 bits per heavy atom. The number of carbonyl (C=O) groups is 1. The zero-order valence-electron chi connectivity index (χ0n) is 13.6. The largest absolute Gasteiger partial charge is 0.379 e. The average molecular weight is 326 g/mol. The van der Waals surface area contributed by atoms with Gasteiger partial charge in [0, 0.05) is 31.7 Å². The van der Waals surface area contributed by atoms with E-state index in [-0.39, 0.29) is 5.91 Å². The molecule has 1 aromatic carbocycles. The zero-order valence-corrected chi connectivity index (χ0v) is 13.6. The van der Waals surface area contributed by atoms with Crippen LogP contribution in [0.2, 0.25) is 0 Å². The summed E-state index contributed by atoms with van der Waals surface area (Å²) in [7, 11) is 0. The first kappa shape index (κ1) is 16.4. The number of ether oxygens (including phenoxy) is 1. The summed E-state index contributed by atoms with van der Waals surface area (Å²) >= 11 is 0. The van der Waals surface area contributed by atoms with Crippen molar-refractivity contribution in [2.75, 3.05) is 50.0 Å². The summed E-state index contributed by atoms with van der Waals surface area (Å²) in [5.41, 5.74) is 1.31. The molecule has 1 aliphatic rings. The van der Waals surface area contributed by atoms with Crippen LogP contribution in [0, 0.1) is 0 Å². The molecule has 0 spiro atoms. The first-order valence-corrected chi connectivity index (χ1v) is 8.18. The van der Waals surface area contributed by atoms with E-state index in [1.807, 2.05) is 30.3 Å². The third-order valence-electron chi connectivity index (χ3n) is 3.90.